The van der Waals surface area contributed by atoms with Crippen molar-refractivity contribution < 1.29 is 4.39 Å². The summed E-state index contributed by atoms with van der Waals surface area (Å²) in [6.45, 7) is 0.345. The third-order valence-electron chi connectivity index (χ3n) is 3.74. The van der Waals surface area contributed by atoms with Crippen LogP contribution in [0.25, 0.3) is 22.2 Å². The number of rotatable bonds is 3. The Morgan fingerprint density at radius 2 is 1.83 bits per heavy atom. The average Bonchev–Trinajstić information content (AvgIpc) is 3.05. The van der Waals surface area contributed by atoms with E-state index in [0.717, 1.165) is 22.2 Å². The van der Waals surface area contributed by atoms with Crippen LogP contribution in [-0.2, 0) is 6.54 Å². The zero-order valence-electron chi connectivity index (χ0n) is 12.2. The number of para-hydroxylation sites is 1. The van der Waals surface area contributed by atoms with Crippen molar-refractivity contribution in [1.29, 1.82) is 0 Å². The first-order valence-electron chi connectivity index (χ1n) is 7.29. The lowest BCUT2D eigenvalue weighted by molar-refractivity contribution is 0.577. The van der Waals surface area contributed by atoms with Crippen LogP contribution < -0.4 is 0 Å². The predicted molar refractivity (Wildman–Crippen MR) is 86.3 cm³/mol. The highest BCUT2D eigenvalue weighted by molar-refractivity contribution is 5.92. The van der Waals surface area contributed by atoms with E-state index in [2.05, 4.69) is 15.3 Å². The van der Waals surface area contributed by atoms with E-state index < -0.39 is 0 Å². The molecule has 0 aliphatic carbocycles. The van der Waals surface area contributed by atoms with E-state index in [1.165, 1.54) is 6.07 Å². The first kappa shape index (κ1) is 13.6. The van der Waals surface area contributed by atoms with Gasteiger partial charge in [-0.25, -0.2) is 9.07 Å². The summed E-state index contributed by atoms with van der Waals surface area (Å²) in [6.07, 6.45) is 3.57. The zero-order valence-corrected chi connectivity index (χ0v) is 12.2. The van der Waals surface area contributed by atoms with Crippen molar-refractivity contribution in [2.24, 2.45) is 0 Å². The lowest BCUT2D eigenvalue weighted by atomic mass is 10.1. The topological polar surface area (TPSA) is 43.6 Å². The second-order valence-corrected chi connectivity index (χ2v) is 5.27. The summed E-state index contributed by atoms with van der Waals surface area (Å²) in [7, 11) is 0. The molecule has 4 aromatic rings. The summed E-state index contributed by atoms with van der Waals surface area (Å²) in [5.41, 5.74) is 3.11. The van der Waals surface area contributed by atoms with Crippen molar-refractivity contribution in [2.45, 2.75) is 6.54 Å². The number of benzene rings is 2. The fraction of sp³-hybridized carbons (Fsp3) is 0.0556. The van der Waals surface area contributed by atoms with Crippen LogP contribution in [0.5, 0.6) is 0 Å². The normalized spacial score (nSPS) is 11.0. The van der Waals surface area contributed by atoms with Crippen LogP contribution in [0, 0.1) is 5.82 Å². The molecule has 112 valence electrons. The lowest BCUT2D eigenvalue weighted by Gasteiger charge is -2.02. The molecule has 0 fully saturated rings. The highest BCUT2D eigenvalue weighted by Crippen LogP contribution is 2.25. The minimum Gasteiger partial charge on any atom is -0.256 e. The largest absolute Gasteiger partial charge is 0.256 e. The number of aromatic nitrogens is 4. The second kappa shape index (κ2) is 5.61. The number of pyridine rings is 1. The van der Waals surface area contributed by atoms with E-state index in [-0.39, 0.29) is 5.82 Å². The molecule has 4 rings (SSSR count). The van der Waals surface area contributed by atoms with E-state index >= 15 is 0 Å². The van der Waals surface area contributed by atoms with E-state index in [1.807, 2.05) is 42.6 Å². The molecule has 0 bridgehead atoms. The van der Waals surface area contributed by atoms with E-state index in [0.29, 0.717) is 12.1 Å². The molecule has 0 radical (unpaired) electrons. The minimum absolute atomic E-state index is 0.239. The van der Waals surface area contributed by atoms with Crippen molar-refractivity contribution in [1.82, 2.24) is 20.0 Å². The van der Waals surface area contributed by atoms with Crippen molar-refractivity contribution in [3.8, 4) is 11.3 Å². The number of fused-ring (bicyclic) bond motifs is 1. The van der Waals surface area contributed by atoms with Crippen LogP contribution in [0.4, 0.5) is 4.39 Å². The summed E-state index contributed by atoms with van der Waals surface area (Å²) in [6, 6.07) is 16.5. The monoisotopic (exact) mass is 304 g/mol. The van der Waals surface area contributed by atoms with Crippen molar-refractivity contribution in [2.75, 3.05) is 0 Å². The number of halogens is 1. The van der Waals surface area contributed by atoms with Gasteiger partial charge in [-0.1, -0.05) is 47.7 Å². The molecule has 2 heterocycles. The first-order chi connectivity index (χ1) is 11.3. The molecule has 0 saturated heterocycles. The van der Waals surface area contributed by atoms with Gasteiger partial charge in [0.25, 0.3) is 0 Å². The van der Waals surface area contributed by atoms with E-state index in [1.54, 1.807) is 23.0 Å². The average molecular weight is 304 g/mol. The maximum absolute atomic E-state index is 13.7. The maximum Gasteiger partial charge on any atom is 0.128 e. The van der Waals surface area contributed by atoms with Gasteiger partial charge in [-0.3, -0.25) is 4.98 Å². The zero-order chi connectivity index (χ0) is 15.6. The molecule has 0 aliphatic heterocycles. The summed E-state index contributed by atoms with van der Waals surface area (Å²) in [5, 5.41) is 9.37. The minimum atomic E-state index is -0.239. The first-order valence-corrected chi connectivity index (χ1v) is 7.29. The Hall–Kier alpha value is -3.08. The summed E-state index contributed by atoms with van der Waals surface area (Å²) in [4.78, 5) is 4.43. The van der Waals surface area contributed by atoms with Gasteiger partial charge in [0.05, 0.1) is 18.3 Å². The predicted octanol–water partition coefficient (Wildman–Crippen LogP) is 3.68. The third-order valence-corrected chi connectivity index (χ3v) is 3.74. The maximum atomic E-state index is 13.7. The van der Waals surface area contributed by atoms with E-state index in [4.69, 9.17) is 0 Å². The summed E-state index contributed by atoms with van der Waals surface area (Å²) < 4.78 is 15.4. The van der Waals surface area contributed by atoms with Gasteiger partial charge in [-0.05, 0) is 12.1 Å². The van der Waals surface area contributed by atoms with Gasteiger partial charge < -0.3 is 0 Å². The number of hydrogen-bond acceptors (Lipinski definition) is 3. The Labute approximate surface area is 132 Å². The SMILES string of the molecule is Fc1ccccc1Cn1cc(-c2cccc3cccnc23)nn1. The van der Waals surface area contributed by atoms with Gasteiger partial charge in [-0.2, -0.15) is 0 Å². The van der Waals surface area contributed by atoms with Crippen molar-refractivity contribution >= 4 is 10.9 Å². The molecule has 4 nitrogen and oxygen atoms in total. The van der Waals surface area contributed by atoms with Crippen LogP contribution in [0.1, 0.15) is 5.56 Å². The van der Waals surface area contributed by atoms with Crippen molar-refractivity contribution in [3.05, 3.63) is 78.4 Å². The van der Waals surface area contributed by atoms with Gasteiger partial charge in [-0.15, -0.1) is 5.10 Å². The molecule has 23 heavy (non-hydrogen) atoms. The van der Waals surface area contributed by atoms with Crippen LogP contribution in [-0.4, -0.2) is 20.0 Å². The van der Waals surface area contributed by atoms with Gasteiger partial charge in [0.15, 0.2) is 0 Å². The van der Waals surface area contributed by atoms with Crippen LogP contribution in [0.3, 0.4) is 0 Å². The molecular weight excluding hydrogens is 291 g/mol. The van der Waals surface area contributed by atoms with Gasteiger partial charge >= 0.3 is 0 Å². The molecule has 2 aromatic carbocycles. The summed E-state index contributed by atoms with van der Waals surface area (Å²) in [5.74, 6) is -0.239. The molecule has 0 N–H and O–H groups in total. The van der Waals surface area contributed by atoms with Gasteiger partial charge in [0.2, 0.25) is 0 Å². The molecule has 0 spiro atoms. The van der Waals surface area contributed by atoms with E-state index in [9.17, 15) is 4.39 Å². The standard InChI is InChI=1S/C18H13FN4/c19-16-9-2-1-5-14(16)11-23-12-17(21-22-23)15-8-3-6-13-7-4-10-20-18(13)15/h1-10,12H,11H2. The Bertz CT molecular complexity index is 972. The van der Waals surface area contributed by atoms with Crippen LogP contribution >= 0.6 is 0 Å². The Balaban J connectivity index is 1.71. The molecule has 0 atom stereocenters. The van der Waals surface area contributed by atoms with Crippen molar-refractivity contribution in [3.63, 3.8) is 0 Å². The third kappa shape index (κ3) is 2.57. The molecule has 0 amide bonds. The van der Waals surface area contributed by atoms with Crippen LogP contribution in [0.15, 0.2) is 67.0 Å². The molecular formula is C18H13FN4. The van der Waals surface area contributed by atoms with Gasteiger partial charge in [0, 0.05) is 22.7 Å². The molecule has 2 aromatic heterocycles. The fourth-order valence-electron chi connectivity index (χ4n) is 2.61. The quantitative estimate of drug-likeness (QED) is 0.580. The Kier molecular flexibility index (Phi) is 3.31. The highest BCUT2D eigenvalue weighted by Gasteiger charge is 2.10. The smallest absolute Gasteiger partial charge is 0.128 e. The lowest BCUT2D eigenvalue weighted by Crippen LogP contribution is -2.02. The summed E-state index contributed by atoms with van der Waals surface area (Å²) >= 11 is 0. The number of nitrogens with zero attached hydrogens (tertiary/aromatic N) is 4. The van der Waals surface area contributed by atoms with Gasteiger partial charge in [0.1, 0.15) is 11.5 Å². The molecule has 0 saturated carbocycles. The molecule has 0 unspecified atom stereocenters. The molecule has 0 aliphatic rings. The number of hydrogen-bond donors (Lipinski definition) is 0. The Morgan fingerprint density at radius 1 is 0.957 bits per heavy atom. The second-order valence-electron chi connectivity index (χ2n) is 5.27. The fourth-order valence-corrected chi connectivity index (χ4v) is 2.61. The van der Waals surface area contributed by atoms with Crippen LogP contribution in [0.2, 0.25) is 0 Å². The Morgan fingerprint density at radius 3 is 2.74 bits per heavy atom. The molecule has 5 heteroatoms. The highest BCUT2D eigenvalue weighted by atomic mass is 19.1.